The molecular weight excluding hydrogens is 148 g/mol. The second-order valence-electron chi connectivity index (χ2n) is 1.89. The molecule has 2 heteroatoms. The SMILES string of the molecule is C=C/C=c1/[nH]cn/c1=C/C.CC. The van der Waals surface area contributed by atoms with E-state index in [1.54, 1.807) is 12.4 Å². The van der Waals surface area contributed by atoms with Gasteiger partial charge in [0.15, 0.2) is 0 Å². The van der Waals surface area contributed by atoms with Crippen molar-refractivity contribution in [3.8, 4) is 0 Å². The molecule has 0 aliphatic rings. The molecule has 0 amide bonds. The number of hydrogen-bond acceptors (Lipinski definition) is 1. The van der Waals surface area contributed by atoms with E-state index >= 15 is 0 Å². The van der Waals surface area contributed by atoms with Crippen molar-refractivity contribution >= 4 is 12.2 Å². The summed E-state index contributed by atoms with van der Waals surface area (Å²) in [6, 6.07) is 0. The average Bonchev–Trinajstić information content (AvgIpc) is 2.56. The number of hydrogen-bond donors (Lipinski definition) is 1. The summed E-state index contributed by atoms with van der Waals surface area (Å²) in [7, 11) is 0. The Labute approximate surface area is 73.4 Å². The van der Waals surface area contributed by atoms with Gasteiger partial charge in [0.05, 0.1) is 17.0 Å². The first kappa shape index (κ1) is 10.7. The standard InChI is InChI=1S/C8H10N2.C2H6/c1-3-5-8-7(4-2)9-6-10-8;1-2/h3-6H,1H2,2H3,(H,9,10);1-2H3/b7-4+,8-5+;. The highest BCUT2D eigenvalue weighted by atomic mass is 14.8. The van der Waals surface area contributed by atoms with Crippen molar-refractivity contribution in [1.29, 1.82) is 0 Å². The lowest BCUT2D eigenvalue weighted by Crippen LogP contribution is -2.23. The van der Waals surface area contributed by atoms with E-state index in [1.807, 2.05) is 32.9 Å². The van der Waals surface area contributed by atoms with Crippen molar-refractivity contribution in [2.75, 3.05) is 0 Å². The van der Waals surface area contributed by atoms with Gasteiger partial charge >= 0.3 is 0 Å². The van der Waals surface area contributed by atoms with Crippen molar-refractivity contribution < 1.29 is 0 Å². The maximum Gasteiger partial charge on any atom is 0.0931 e. The van der Waals surface area contributed by atoms with Crippen LogP contribution in [0.15, 0.2) is 19.0 Å². The highest BCUT2D eigenvalue weighted by Gasteiger charge is 1.80. The summed E-state index contributed by atoms with van der Waals surface area (Å²) >= 11 is 0. The number of imidazole rings is 1. The van der Waals surface area contributed by atoms with E-state index in [1.165, 1.54) is 0 Å². The number of aromatic amines is 1. The molecule has 1 N–H and O–H groups in total. The zero-order chi connectivity index (χ0) is 9.40. The molecule has 0 unspecified atom stereocenters. The Hall–Kier alpha value is -1.31. The van der Waals surface area contributed by atoms with Crippen LogP contribution in [-0.2, 0) is 0 Å². The Balaban J connectivity index is 0.000000561. The van der Waals surface area contributed by atoms with Crippen LogP contribution in [0, 0.1) is 0 Å². The number of H-pyrrole nitrogens is 1. The van der Waals surface area contributed by atoms with E-state index in [2.05, 4.69) is 16.5 Å². The summed E-state index contributed by atoms with van der Waals surface area (Å²) in [5.41, 5.74) is 0. The molecule has 0 radical (unpaired) electrons. The molecule has 12 heavy (non-hydrogen) atoms. The Morgan fingerprint density at radius 1 is 1.50 bits per heavy atom. The normalized spacial score (nSPS) is 12.2. The summed E-state index contributed by atoms with van der Waals surface area (Å²) in [5.74, 6) is 0. The van der Waals surface area contributed by atoms with Crippen LogP contribution in [0.5, 0.6) is 0 Å². The molecule has 1 rings (SSSR count). The highest BCUT2D eigenvalue weighted by molar-refractivity contribution is 5.33. The summed E-state index contributed by atoms with van der Waals surface area (Å²) in [6.07, 6.45) is 7.25. The molecular formula is C10H16N2. The number of nitrogens with one attached hydrogen (secondary N) is 1. The van der Waals surface area contributed by atoms with Gasteiger partial charge in [0.25, 0.3) is 0 Å². The fraction of sp³-hybridized carbons (Fsp3) is 0.300. The van der Waals surface area contributed by atoms with E-state index in [0.29, 0.717) is 0 Å². The highest BCUT2D eigenvalue weighted by Crippen LogP contribution is 1.62. The van der Waals surface area contributed by atoms with Gasteiger partial charge in [0.2, 0.25) is 0 Å². The fourth-order valence-corrected chi connectivity index (χ4v) is 0.796. The van der Waals surface area contributed by atoms with E-state index < -0.39 is 0 Å². The van der Waals surface area contributed by atoms with Crippen molar-refractivity contribution in [3.05, 3.63) is 29.7 Å². The van der Waals surface area contributed by atoms with Gasteiger partial charge < -0.3 is 4.98 Å². The fourth-order valence-electron chi connectivity index (χ4n) is 0.796. The monoisotopic (exact) mass is 164 g/mol. The molecule has 0 aliphatic heterocycles. The zero-order valence-electron chi connectivity index (χ0n) is 7.96. The van der Waals surface area contributed by atoms with Crippen LogP contribution in [0.2, 0.25) is 0 Å². The van der Waals surface area contributed by atoms with Crippen LogP contribution in [0.3, 0.4) is 0 Å². The van der Waals surface area contributed by atoms with Gasteiger partial charge in [-0.25, -0.2) is 4.98 Å². The number of rotatable bonds is 1. The minimum atomic E-state index is 0.972. The molecule has 0 atom stereocenters. The van der Waals surface area contributed by atoms with E-state index in [9.17, 15) is 0 Å². The third-order valence-electron chi connectivity index (χ3n) is 1.26. The van der Waals surface area contributed by atoms with E-state index in [4.69, 9.17) is 0 Å². The Bertz CT molecular complexity index is 320. The summed E-state index contributed by atoms with van der Waals surface area (Å²) in [5, 5.41) is 1.98. The summed E-state index contributed by atoms with van der Waals surface area (Å²) in [4.78, 5) is 7.05. The zero-order valence-corrected chi connectivity index (χ0v) is 7.96. The van der Waals surface area contributed by atoms with Crippen LogP contribution < -0.4 is 10.7 Å². The largest absolute Gasteiger partial charge is 0.345 e. The third kappa shape index (κ3) is 2.74. The molecule has 0 aromatic carbocycles. The van der Waals surface area contributed by atoms with Crippen LogP contribution in [0.25, 0.3) is 12.2 Å². The third-order valence-corrected chi connectivity index (χ3v) is 1.26. The first-order valence-electron chi connectivity index (χ1n) is 4.17. The topological polar surface area (TPSA) is 28.7 Å². The number of allylic oxidation sites excluding steroid dienone is 1. The van der Waals surface area contributed by atoms with Crippen LogP contribution in [-0.4, -0.2) is 9.97 Å². The van der Waals surface area contributed by atoms with Crippen molar-refractivity contribution in [2.24, 2.45) is 0 Å². The molecule has 0 saturated heterocycles. The Morgan fingerprint density at radius 3 is 2.67 bits per heavy atom. The van der Waals surface area contributed by atoms with E-state index in [-0.39, 0.29) is 0 Å². The predicted molar refractivity (Wildman–Crippen MR) is 54.0 cm³/mol. The van der Waals surface area contributed by atoms with Gasteiger partial charge in [-0.05, 0) is 13.0 Å². The number of nitrogens with zero attached hydrogens (tertiary/aromatic N) is 1. The molecule has 1 heterocycles. The lowest BCUT2D eigenvalue weighted by molar-refractivity contribution is 1.29. The van der Waals surface area contributed by atoms with E-state index in [0.717, 1.165) is 10.7 Å². The smallest absolute Gasteiger partial charge is 0.0931 e. The van der Waals surface area contributed by atoms with Crippen molar-refractivity contribution in [3.63, 3.8) is 0 Å². The lowest BCUT2D eigenvalue weighted by Gasteiger charge is -1.72. The van der Waals surface area contributed by atoms with Crippen molar-refractivity contribution in [1.82, 2.24) is 9.97 Å². The maximum absolute atomic E-state index is 4.06. The number of aromatic nitrogens is 2. The summed E-state index contributed by atoms with van der Waals surface area (Å²) in [6.45, 7) is 9.55. The van der Waals surface area contributed by atoms with Crippen LogP contribution >= 0.6 is 0 Å². The minimum absolute atomic E-state index is 0.972. The predicted octanol–water partition coefficient (Wildman–Crippen LogP) is 1.20. The van der Waals surface area contributed by atoms with Gasteiger partial charge in [-0.15, -0.1) is 0 Å². The second kappa shape index (κ2) is 6.40. The van der Waals surface area contributed by atoms with Crippen LogP contribution in [0.1, 0.15) is 20.8 Å². The quantitative estimate of drug-likeness (QED) is 0.664. The molecule has 0 spiro atoms. The summed E-state index contributed by atoms with van der Waals surface area (Å²) < 4.78 is 0. The molecule has 66 valence electrons. The van der Waals surface area contributed by atoms with Gasteiger partial charge in [-0.2, -0.15) is 0 Å². The molecule has 0 bridgehead atoms. The minimum Gasteiger partial charge on any atom is -0.345 e. The van der Waals surface area contributed by atoms with Gasteiger partial charge in [0.1, 0.15) is 0 Å². The molecule has 0 fully saturated rings. The van der Waals surface area contributed by atoms with Crippen LogP contribution in [0.4, 0.5) is 0 Å². The molecule has 0 saturated carbocycles. The molecule has 0 aliphatic carbocycles. The van der Waals surface area contributed by atoms with Gasteiger partial charge in [-0.1, -0.05) is 32.6 Å². The molecule has 2 nitrogen and oxygen atoms in total. The average molecular weight is 164 g/mol. The first-order valence-corrected chi connectivity index (χ1v) is 4.17. The van der Waals surface area contributed by atoms with Crippen molar-refractivity contribution in [2.45, 2.75) is 20.8 Å². The second-order valence-corrected chi connectivity index (χ2v) is 1.89. The molecule has 1 aromatic rings. The Kier molecular flexibility index (Phi) is 5.70. The molecule has 1 aromatic heterocycles. The lowest BCUT2D eigenvalue weighted by atomic mass is 10.4. The Morgan fingerprint density at radius 2 is 2.17 bits per heavy atom. The van der Waals surface area contributed by atoms with Gasteiger partial charge in [0, 0.05) is 0 Å². The first-order chi connectivity index (χ1) is 5.88. The maximum atomic E-state index is 4.06. The van der Waals surface area contributed by atoms with Gasteiger partial charge in [-0.3, -0.25) is 0 Å².